The van der Waals surface area contributed by atoms with Gasteiger partial charge in [-0.05, 0) is 44.5 Å². The summed E-state index contributed by atoms with van der Waals surface area (Å²) >= 11 is 0. The van der Waals surface area contributed by atoms with Gasteiger partial charge in [0, 0.05) is 24.5 Å². The highest BCUT2D eigenvalue weighted by molar-refractivity contribution is 6.19. The Labute approximate surface area is 209 Å². The second-order valence-corrected chi connectivity index (χ2v) is 8.04. The van der Waals surface area contributed by atoms with Gasteiger partial charge in [-0.3, -0.25) is 9.59 Å². The number of hydrogen-bond donors (Lipinski definition) is 1. The van der Waals surface area contributed by atoms with Gasteiger partial charge in [-0.25, -0.2) is 4.79 Å². The molecule has 0 aliphatic carbocycles. The molecule has 1 aliphatic rings. The van der Waals surface area contributed by atoms with Crippen LogP contribution in [0.4, 0.5) is 0 Å². The van der Waals surface area contributed by atoms with Crippen molar-refractivity contribution in [3.05, 3.63) is 51.9 Å². The Hall–Kier alpha value is -4.10. The number of benzene rings is 1. The number of morpholine rings is 1. The Morgan fingerprint density at radius 1 is 1.14 bits per heavy atom. The quantitative estimate of drug-likeness (QED) is 0.243. The van der Waals surface area contributed by atoms with E-state index in [1.54, 1.807) is 43.9 Å². The van der Waals surface area contributed by atoms with Crippen molar-refractivity contribution in [3.8, 4) is 17.6 Å². The Kier molecular flexibility index (Phi) is 8.86. The molecule has 0 unspecified atom stereocenters. The van der Waals surface area contributed by atoms with Gasteiger partial charge in [-0.2, -0.15) is 5.26 Å². The second kappa shape index (κ2) is 12.0. The number of hydrogen-bond acceptors (Lipinski definition) is 8. The Bertz CT molecular complexity index is 1220. The van der Waals surface area contributed by atoms with Gasteiger partial charge in [0.15, 0.2) is 18.1 Å². The van der Waals surface area contributed by atoms with Crippen molar-refractivity contribution in [2.45, 2.75) is 20.8 Å². The Morgan fingerprint density at radius 3 is 2.47 bits per heavy atom. The lowest BCUT2D eigenvalue weighted by Crippen LogP contribution is -2.43. The highest BCUT2D eigenvalue weighted by atomic mass is 16.5. The zero-order valence-corrected chi connectivity index (χ0v) is 20.8. The molecular formula is C26H29N3O7. The van der Waals surface area contributed by atoms with Crippen LogP contribution in [0.3, 0.4) is 0 Å². The topological polar surface area (TPSA) is 131 Å². The standard InChI is InChI=1S/C26H29N3O7/c1-5-35-26(32)24-17(3)28-16(2)23(24)25(31)19(14-27)12-18-6-7-20(21(13-18)33-4)36-15-22(30)29-8-10-34-11-9-29/h6-7,12-13,28H,5,8-11,15H2,1-4H3/b19-12+. The molecule has 10 heteroatoms. The maximum atomic E-state index is 13.3. The van der Waals surface area contributed by atoms with Crippen LogP contribution in [0.2, 0.25) is 0 Å². The monoisotopic (exact) mass is 495 g/mol. The number of nitriles is 1. The summed E-state index contributed by atoms with van der Waals surface area (Å²) < 4.78 is 21.4. The maximum Gasteiger partial charge on any atom is 0.340 e. The van der Waals surface area contributed by atoms with Crippen molar-refractivity contribution >= 4 is 23.7 Å². The van der Waals surface area contributed by atoms with Gasteiger partial charge in [0.05, 0.1) is 38.1 Å². The molecule has 1 aliphatic heterocycles. The molecule has 0 saturated carbocycles. The average molecular weight is 496 g/mol. The van der Waals surface area contributed by atoms with E-state index < -0.39 is 11.8 Å². The van der Waals surface area contributed by atoms with Crippen LogP contribution in [-0.2, 0) is 14.3 Å². The summed E-state index contributed by atoms with van der Waals surface area (Å²) in [4.78, 5) is 42.7. The van der Waals surface area contributed by atoms with E-state index in [0.29, 0.717) is 54.8 Å². The Balaban J connectivity index is 1.83. The number of methoxy groups -OCH3 is 1. The number of ketones is 1. The highest BCUT2D eigenvalue weighted by Gasteiger charge is 2.27. The summed E-state index contributed by atoms with van der Waals surface area (Å²) in [5, 5.41) is 9.73. The first kappa shape index (κ1) is 26.5. The van der Waals surface area contributed by atoms with Gasteiger partial charge in [-0.1, -0.05) is 6.07 Å². The molecular weight excluding hydrogens is 466 g/mol. The molecule has 2 aromatic rings. The number of H-pyrrole nitrogens is 1. The fourth-order valence-corrected chi connectivity index (χ4v) is 3.91. The fourth-order valence-electron chi connectivity index (χ4n) is 3.91. The number of aromatic amines is 1. The third-order valence-corrected chi connectivity index (χ3v) is 5.66. The number of allylic oxidation sites excluding steroid dienone is 1. The summed E-state index contributed by atoms with van der Waals surface area (Å²) in [6.07, 6.45) is 1.41. The van der Waals surface area contributed by atoms with Gasteiger partial charge in [0.1, 0.15) is 11.6 Å². The molecule has 1 N–H and O–H groups in total. The SMILES string of the molecule is CCOC(=O)c1c(C)[nH]c(C)c1C(=O)/C(C#N)=C/c1ccc(OCC(=O)N2CCOCC2)c(OC)c1. The van der Waals surface area contributed by atoms with Crippen molar-refractivity contribution in [1.82, 2.24) is 9.88 Å². The van der Waals surface area contributed by atoms with E-state index in [-0.39, 0.29) is 35.8 Å². The van der Waals surface area contributed by atoms with Crippen LogP contribution in [0.5, 0.6) is 11.5 Å². The number of aryl methyl sites for hydroxylation is 2. The van der Waals surface area contributed by atoms with Crippen LogP contribution in [0.25, 0.3) is 6.08 Å². The van der Waals surface area contributed by atoms with E-state index in [1.807, 2.05) is 6.07 Å². The number of Topliss-reactive ketones (excluding diaryl/α,β-unsaturated/α-hetero) is 1. The molecule has 10 nitrogen and oxygen atoms in total. The molecule has 0 atom stereocenters. The summed E-state index contributed by atoms with van der Waals surface area (Å²) in [6.45, 7) is 7.04. The van der Waals surface area contributed by atoms with Crippen molar-refractivity contribution in [3.63, 3.8) is 0 Å². The van der Waals surface area contributed by atoms with E-state index in [4.69, 9.17) is 18.9 Å². The van der Waals surface area contributed by atoms with Crippen molar-refractivity contribution in [2.75, 3.05) is 46.6 Å². The second-order valence-electron chi connectivity index (χ2n) is 8.04. The average Bonchev–Trinajstić information content (AvgIpc) is 3.19. The van der Waals surface area contributed by atoms with Gasteiger partial charge >= 0.3 is 5.97 Å². The minimum atomic E-state index is -0.630. The normalized spacial score (nSPS) is 13.6. The lowest BCUT2D eigenvalue weighted by Gasteiger charge is -2.26. The molecule has 1 aromatic heterocycles. The molecule has 0 spiro atoms. The Morgan fingerprint density at radius 2 is 1.83 bits per heavy atom. The third kappa shape index (κ3) is 5.93. The third-order valence-electron chi connectivity index (χ3n) is 5.66. The summed E-state index contributed by atoms with van der Waals surface area (Å²) in [5.41, 5.74) is 1.51. The first-order chi connectivity index (χ1) is 17.3. The lowest BCUT2D eigenvalue weighted by atomic mass is 9.98. The van der Waals surface area contributed by atoms with E-state index in [0.717, 1.165) is 0 Å². The molecule has 36 heavy (non-hydrogen) atoms. The van der Waals surface area contributed by atoms with Crippen LogP contribution in [-0.4, -0.2) is 74.2 Å². The molecule has 1 aromatic carbocycles. The molecule has 1 fully saturated rings. The number of aromatic nitrogens is 1. The molecule has 0 bridgehead atoms. The minimum Gasteiger partial charge on any atom is -0.493 e. The molecule has 1 saturated heterocycles. The molecule has 3 rings (SSSR count). The van der Waals surface area contributed by atoms with E-state index in [9.17, 15) is 19.6 Å². The number of ether oxygens (including phenoxy) is 4. The lowest BCUT2D eigenvalue weighted by molar-refractivity contribution is -0.137. The summed E-state index contributed by atoms with van der Waals surface area (Å²) in [7, 11) is 1.45. The van der Waals surface area contributed by atoms with Crippen LogP contribution < -0.4 is 9.47 Å². The van der Waals surface area contributed by atoms with Crippen LogP contribution >= 0.6 is 0 Å². The van der Waals surface area contributed by atoms with E-state index in [2.05, 4.69) is 4.98 Å². The van der Waals surface area contributed by atoms with E-state index in [1.165, 1.54) is 13.2 Å². The van der Waals surface area contributed by atoms with Gasteiger partial charge < -0.3 is 28.8 Å². The fraction of sp³-hybridized carbons (Fsp3) is 0.385. The van der Waals surface area contributed by atoms with Gasteiger partial charge in [-0.15, -0.1) is 0 Å². The van der Waals surface area contributed by atoms with Gasteiger partial charge in [0.25, 0.3) is 5.91 Å². The predicted octanol–water partition coefficient (Wildman–Crippen LogP) is 2.84. The van der Waals surface area contributed by atoms with Crippen LogP contribution in [0, 0.1) is 25.2 Å². The number of carbonyl (C=O) groups excluding carboxylic acids is 3. The van der Waals surface area contributed by atoms with Gasteiger partial charge in [0.2, 0.25) is 5.78 Å². The number of rotatable bonds is 9. The minimum absolute atomic E-state index is 0.104. The zero-order chi connectivity index (χ0) is 26.2. The van der Waals surface area contributed by atoms with Crippen molar-refractivity contribution < 1.29 is 33.3 Å². The zero-order valence-electron chi connectivity index (χ0n) is 20.8. The number of esters is 1. The summed E-state index contributed by atoms with van der Waals surface area (Å²) in [6, 6.07) is 6.77. The van der Waals surface area contributed by atoms with Crippen molar-refractivity contribution in [2.24, 2.45) is 0 Å². The number of nitrogens with one attached hydrogen (secondary N) is 1. The largest absolute Gasteiger partial charge is 0.493 e. The summed E-state index contributed by atoms with van der Waals surface area (Å²) in [5.74, 6) is -0.698. The highest BCUT2D eigenvalue weighted by Crippen LogP contribution is 2.30. The van der Waals surface area contributed by atoms with Crippen LogP contribution in [0.15, 0.2) is 23.8 Å². The molecule has 0 radical (unpaired) electrons. The number of nitrogens with zero attached hydrogens (tertiary/aromatic N) is 2. The first-order valence-electron chi connectivity index (χ1n) is 11.5. The van der Waals surface area contributed by atoms with Crippen molar-refractivity contribution in [1.29, 1.82) is 5.26 Å². The molecule has 190 valence electrons. The molecule has 1 amide bonds. The molecule has 2 heterocycles. The predicted molar refractivity (Wildman–Crippen MR) is 130 cm³/mol. The first-order valence-corrected chi connectivity index (χ1v) is 11.5. The number of carbonyl (C=O) groups is 3. The number of amides is 1. The maximum absolute atomic E-state index is 13.3. The smallest absolute Gasteiger partial charge is 0.340 e. The van der Waals surface area contributed by atoms with Crippen LogP contribution in [0.1, 0.15) is 44.6 Å². The van der Waals surface area contributed by atoms with E-state index >= 15 is 0 Å².